The van der Waals surface area contributed by atoms with Gasteiger partial charge in [-0.1, -0.05) is 12.1 Å². The Morgan fingerprint density at radius 1 is 1.10 bits per heavy atom. The molecule has 0 saturated carbocycles. The van der Waals surface area contributed by atoms with Crippen molar-refractivity contribution < 1.29 is 4.74 Å². The fourth-order valence-electron chi connectivity index (χ4n) is 2.40. The standard InChI is InChI=1S/C17H17ClN2O/c1-12(2)21-14-9-7-13(8-10-14)20-16-6-4-3-5-15(16)19-17(20)11-18/h3-10,12H,11H2,1-2H3. The molecule has 0 spiro atoms. The first-order chi connectivity index (χ1) is 10.2. The van der Waals surface area contributed by atoms with Crippen molar-refractivity contribution in [3.63, 3.8) is 0 Å². The fraction of sp³-hybridized carbons (Fsp3) is 0.235. The Bertz CT molecular complexity index is 747. The Kier molecular flexibility index (Phi) is 3.84. The van der Waals surface area contributed by atoms with Gasteiger partial charge in [-0.3, -0.25) is 4.57 Å². The highest BCUT2D eigenvalue weighted by Crippen LogP contribution is 2.24. The number of alkyl halides is 1. The lowest BCUT2D eigenvalue weighted by molar-refractivity contribution is 0.242. The first-order valence-electron chi connectivity index (χ1n) is 6.98. The number of imidazole rings is 1. The van der Waals surface area contributed by atoms with Crippen molar-refractivity contribution >= 4 is 22.6 Å². The summed E-state index contributed by atoms with van der Waals surface area (Å²) in [6.45, 7) is 4.03. The van der Waals surface area contributed by atoms with Crippen LogP contribution in [0.25, 0.3) is 16.7 Å². The molecule has 0 fully saturated rings. The van der Waals surface area contributed by atoms with Crippen molar-refractivity contribution in [1.29, 1.82) is 0 Å². The van der Waals surface area contributed by atoms with E-state index in [2.05, 4.69) is 15.6 Å². The van der Waals surface area contributed by atoms with Crippen molar-refractivity contribution in [2.45, 2.75) is 25.8 Å². The van der Waals surface area contributed by atoms with Crippen LogP contribution >= 0.6 is 11.6 Å². The quantitative estimate of drug-likeness (QED) is 0.661. The molecule has 3 nitrogen and oxygen atoms in total. The van der Waals surface area contributed by atoms with Crippen LogP contribution in [-0.2, 0) is 5.88 Å². The van der Waals surface area contributed by atoms with Gasteiger partial charge in [0.05, 0.1) is 23.0 Å². The van der Waals surface area contributed by atoms with Gasteiger partial charge < -0.3 is 4.74 Å². The zero-order valence-corrected chi connectivity index (χ0v) is 12.8. The van der Waals surface area contributed by atoms with Crippen molar-refractivity contribution in [2.75, 3.05) is 0 Å². The van der Waals surface area contributed by atoms with E-state index in [9.17, 15) is 0 Å². The monoisotopic (exact) mass is 300 g/mol. The van der Waals surface area contributed by atoms with Crippen LogP contribution < -0.4 is 4.74 Å². The molecule has 2 aromatic carbocycles. The molecule has 3 aromatic rings. The summed E-state index contributed by atoms with van der Waals surface area (Å²) in [5, 5.41) is 0. The van der Waals surface area contributed by atoms with Gasteiger partial charge in [-0.15, -0.1) is 11.6 Å². The van der Waals surface area contributed by atoms with Crippen LogP contribution in [0.4, 0.5) is 0 Å². The molecule has 4 heteroatoms. The minimum atomic E-state index is 0.170. The number of aromatic nitrogens is 2. The Hall–Kier alpha value is -2.00. The molecule has 0 aliphatic carbocycles. The van der Waals surface area contributed by atoms with E-state index in [0.29, 0.717) is 5.88 Å². The molecule has 0 aliphatic heterocycles. The molecule has 0 N–H and O–H groups in total. The van der Waals surface area contributed by atoms with Crippen LogP contribution in [0.2, 0.25) is 0 Å². The number of benzene rings is 2. The second-order valence-corrected chi connectivity index (χ2v) is 5.41. The van der Waals surface area contributed by atoms with Crippen molar-refractivity contribution in [2.24, 2.45) is 0 Å². The molecule has 108 valence electrons. The number of para-hydroxylation sites is 2. The van der Waals surface area contributed by atoms with Gasteiger partial charge >= 0.3 is 0 Å². The van der Waals surface area contributed by atoms with Gasteiger partial charge in [0.25, 0.3) is 0 Å². The highest BCUT2D eigenvalue weighted by Gasteiger charge is 2.11. The third-order valence-corrected chi connectivity index (χ3v) is 3.46. The number of ether oxygens (including phenoxy) is 1. The second kappa shape index (κ2) is 5.78. The average molecular weight is 301 g/mol. The summed E-state index contributed by atoms with van der Waals surface area (Å²) in [5.41, 5.74) is 3.05. The molecule has 0 bridgehead atoms. The molecule has 0 radical (unpaired) electrons. The van der Waals surface area contributed by atoms with Gasteiger partial charge in [-0.2, -0.15) is 0 Å². The number of nitrogens with zero attached hydrogens (tertiary/aromatic N) is 2. The lowest BCUT2D eigenvalue weighted by Gasteiger charge is -2.12. The smallest absolute Gasteiger partial charge is 0.129 e. The van der Waals surface area contributed by atoms with E-state index in [-0.39, 0.29) is 6.10 Å². The Balaban J connectivity index is 2.07. The molecule has 0 saturated heterocycles. The molecule has 0 unspecified atom stereocenters. The lowest BCUT2D eigenvalue weighted by Crippen LogP contribution is -2.05. The van der Waals surface area contributed by atoms with E-state index >= 15 is 0 Å². The number of hydrogen-bond donors (Lipinski definition) is 0. The van der Waals surface area contributed by atoms with Crippen LogP contribution in [-0.4, -0.2) is 15.7 Å². The maximum atomic E-state index is 6.05. The second-order valence-electron chi connectivity index (χ2n) is 5.15. The first-order valence-corrected chi connectivity index (χ1v) is 7.52. The van der Waals surface area contributed by atoms with Gasteiger partial charge in [0, 0.05) is 5.69 Å². The van der Waals surface area contributed by atoms with Gasteiger partial charge in [0.15, 0.2) is 0 Å². The molecule has 1 heterocycles. The summed E-state index contributed by atoms with van der Waals surface area (Å²) in [5.74, 6) is 2.08. The third kappa shape index (κ3) is 2.74. The van der Waals surface area contributed by atoms with E-state index in [4.69, 9.17) is 16.3 Å². The highest BCUT2D eigenvalue weighted by atomic mass is 35.5. The van der Waals surface area contributed by atoms with Crippen LogP contribution in [0.5, 0.6) is 5.75 Å². The normalized spacial score (nSPS) is 11.2. The first kappa shape index (κ1) is 14.0. The largest absolute Gasteiger partial charge is 0.491 e. The predicted molar refractivity (Wildman–Crippen MR) is 86.4 cm³/mol. The maximum Gasteiger partial charge on any atom is 0.129 e. The molecule has 21 heavy (non-hydrogen) atoms. The number of halogens is 1. The van der Waals surface area contributed by atoms with Crippen LogP contribution in [0.15, 0.2) is 48.5 Å². The number of rotatable bonds is 4. The van der Waals surface area contributed by atoms with Gasteiger partial charge in [-0.25, -0.2) is 4.98 Å². The molecular formula is C17H17ClN2O. The fourth-order valence-corrected chi connectivity index (χ4v) is 2.58. The molecule has 0 atom stereocenters. The summed E-state index contributed by atoms with van der Waals surface area (Å²) >= 11 is 6.05. The topological polar surface area (TPSA) is 27.1 Å². The molecular weight excluding hydrogens is 284 g/mol. The third-order valence-electron chi connectivity index (χ3n) is 3.22. The summed E-state index contributed by atoms with van der Waals surface area (Å²) in [6.07, 6.45) is 0.170. The van der Waals surface area contributed by atoms with Crippen LogP contribution in [0, 0.1) is 0 Å². The SMILES string of the molecule is CC(C)Oc1ccc(-n2c(CCl)nc3ccccc32)cc1. The zero-order chi connectivity index (χ0) is 14.8. The van der Waals surface area contributed by atoms with E-state index in [1.807, 2.05) is 56.3 Å². The zero-order valence-electron chi connectivity index (χ0n) is 12.1. The average Bonchev–Trinajstić information content (AvgIpc) is 2.86. The highest BCUT2D eigenvalue weighted by molar-refractivity contribution is 6.17. The number of fused-ring (bicyclic) bond motifs is 1. The van der Waals surface area contributed by atoms with Gasteiger partial charge in [0.2, 0.25) is 0 Å². The van der Waals surface area contributed by atoms with Crippen LogP contribution in [0.1, 0.15) is 19.7 Å². The molecule has 0 amide bonds. The van der Waals surface area contributed by atoms with E-state index in [1.165, 1.54) is 0 Å². The van der Waals surface area contributed by atoms with Crippen molar-refractivity contribution in [3.8, 4) is 11.4 Å². The maximum absolute atomic E-state index is 6.05. The summed E-state index contributed by atoms with van der Waals surface area (Å²) in [4.78, 5) is 4.58. The minimum absolute atomic E-state index is 0.170. The van der Waals surface area contributed by atoms with Gasteiger partial charge in [0.1, 0.15) is 11.6 Å². The Labute approximate surface area is 129 Å². The molecule has 0 aliphatic rings. The summed E-state index contributed by atoms with van der Waals surface area (Å²) < 4.78 is 7.76. The van der Waals surface area contributed by atoms with Crippen molar-refractivity contribution in [1.82, 2.24) is 9.55 Å². The number of hydrogen-bond acceptors (Lipinski definition) is 2. The van der Waals surface area contributed by atoms with Gasteiger partial charge in [-0.05, 0) is 50.2 Å². The van der Waals surface area contributed by atoms with E-state index < -0.39 is 0 Å². The minimum Gasteiger partial charge on any atom is -0.491 e. The van der Waals surface area contributed by atoms with E-state index in [0.717, 1.165) is 28.3 Å². The predicted octanol–water partition coefficient (Wildman–Crippen LogP) is 4.55. The van der Waals surface area contributed by atoms with Crippen LogP contribution in [0.3, 0.4) is 0 Å². The Morgan fingerprint density at radius 3 is 2.48 bits per heavy atom. The Morgan fingerprint density at radius 2 is 1.81 bits per heavy atom. The molecule has 3 rings (SSSR count). The lowest BCUT2D eigenvalue weighted by atomic mass is 10.2. The summed E-state index contributed by atoms with van der Waals surface area (Å²) in [7, 11) is 0. The summed E-state index contributed by atoms with van der Waals surface area (Å²) in [6, 6.07) is 16.1. The molecule has 1 aromatic heterocycles. The van der Waals surface area contributed by atoms with Crippen molar-refractivity contribution in [3.05, 3.63) is 54.4 Å². The van der Waals surface area contributed by atoms with E-state index in [1.54, 1.807) is 0 Å².